The molecule has 2 saturated heterocycles. The van der Waals surface area contributed by atoms with Crippen LogP contribution in [0.2, 0.25) is 5.02 Å². The molecule has 5 nitrogen and oxygen atoms in total. The fourth-order valence-electron chi connectivity index (χ4n) is 3.97. The van der Waals surface area contributed by atoms with Crippen molar-refractivity contribution in [2.75, 3.05) is 19.6 Å². The molecule has 154 valence electrons. The van der Waals surface area contributed by atoms with Crippen molar-refractivity contribution >= 4 is 23.5 Å². The minimum absolute atomic E-state index is 0.151. The third kappa shape index (κ3) is 4.97. The Morgan fingerprint density at radius 1 is 1.11 bits per heavy atom. The number of carbonyl (C=O) groups is 2. The summed E-state index contributed by atoms with van der Waals surface area (Å²) in [5.41, 5.74) is 0.726. The Kier molecular flexibility index (Phi) is 6.19. The molecule has 1 amide bonds. The molecule has 3 aliphatic rings. The summed E-state index contributed by atoms with van der Waals surface area (Å²) in [6.07, 6.45) is -0.0223. The van der Waals surface area contributed by atoms with Gasteiger partial charge in [0.25, 0.3) is 5.91 Å². The number of halogens is 4. The molecule has 4 rings (SSSR count). The SMILES string of the molecule is O=C(O)C(F)(F)F.O=C(c1cccc(Cl)c1)N1CC[C@H]2[C@H]1CCN2CC1CC1. The van der Waals surface area contributed by atoms with Gasteiger partial charge in [0.1, 0.15) is 0 Å². The maximum atomic E-state index is 12.7. The van der Waals surface area contributed by atoms with Crippen LogP contribution in [0.1, 0.15) is 36.0 Å². The highest BCUT2D eigenvalue weighted by molar-refractivity contribution is 6.30. The Labute approximate surface area is 166 Å². The minimum Gasteiger partial charge on any atom is -0.475 e. The molecule has 0 bridgehead atoms. The third-order valence-corrected chi connectivity index (χ3v) is 5.69. The van der Waals surface area contributed by atoms with Crippen LogP contribution >= 0.6 is 11.6 Å². The number of rotatable bonds is 3. The highest BCUT2D eigenvalue weighted by Crippen LogP contribution is 2.37. The van der Waals surface area contributed by atoms with E-state index in [-0.39, 0.29) is 5.91 Å². The van der Waals surface area contributed by atoms with Crippen molar-refractivity contribution in [2.24, 2.45) is 5.92 Å². The lowest BCUT2D eigenvalue weighted by atomic mass is 10.1. The molecule has 9 heteroatoms. The number of hydrogen-bond donors (Lipinski definition) is 1. The van der Waals surface area contributed by atoms with Crippen molar-refractivity contribution in [1.82, 2.24) is 9.80 Å². The van der Waals surface area contributed by atoms with Crippen LogP contribution in [0.5, 0.6) is 0 Å². The number of benzene rings is 1. The normalized spacial score (nSPS) is 24.5. The summed E-state index contributed by atoms with van der Waals surface area (Å²) >= 11 is 6.02. The molecule has 0 radical (unpaired) electrons. The highest BCUT2D eigenvalue weighted by atomic mass is 35.5. The van der Waals surface area contributed by atoms with Gasteiger partial charge in [-0.2, -0.15) is 13.2 Å². The first-order valence-corrected chi connectivity index (χ1v) is 9.65. The smallest absolute Gasteiger partial charge is 0.475 e. The molecule has 2 heterocycles. The maximum Gasteiger partial charge on any atom is 0.490 e. The predicted octanol–water partition coefficient (Wildman–Crippen LogP) is 3.67. The molecule has 1 aromatic rings. The number of hydrogen-bond acceptors (Lipinski definition) is 3. The van der Waals surface area contributed by atoms with Gasteiger partial charge < -0.3 is 10.0 Å². The van der Waals surface area contributed by atoms with E-state index in [0.717, 1.165) is 37.4 Å². The van der Waals surface area contributed by atoms with Gasteiger partial charge in [-0.1, -0.05) is 17.7 Å². The largest absolute Gasteiger partial charge is 0.490 e. The molecule has 0 spiro atoms. The Morgan fingerprint density at radius 3 is 2.32 bits per heavy atom. The number of carboxylic acids is 1. The summed E-state index contributed by atoms with van der Waals surface area (Å²) in [5, 5.41) is 7.76. The number of carbonyl (C=O) groups excluding carboxylic acids is 1. The van der Waals surface area contributed by atoms with Gasteiger partial charge in [-0.25, -0.2) is 4.79 Å². The van der Waals surface area contributed by atoms with Crippen molar-refractivity contribution in [2.45, 2.75) is 43.9 Å². The second-order valence-electron chi connectivity index (χ2n) is 7.46. The van der Waals surface area contributed by atoms with E-state index in [1.165, 1.54) is 19.4 Å². The lowest BCUT2D eigenvalue weighted by Gasteiger charge is -2.25. The van der Waals surface area contributed by atoms with Crippen LogP contribution in [0.15, 0.2) is 24.3 Å². The molecule has 1 saturated carbocycles. The van der Waals surface area contributed by atoms with Crippen molar-refractivity contribution in [3.63, 3.8) is 0 Å². The molecule has 0 unspecified atom stereocenters. The van der Waals surface area contributed by atoms with Gasteiger partial charge in [0.15, 0.2) is 0 Å². The summed E-state index contributed by atoms with van der Waals surface area (Å²) in [6, 6.07) is 8.34. The molecule has 2 atom stereocenters. The Morgan fingerprint density at radius 2 is 1.75 bits per heavy atom. The van der Waals surface area contributed by atoms with Crippen LogP contribution in [-0.2, 0) is 4.79 Å². The molecule has 1 aliphatic carbocycles. The number of aliphatic carboxylic acids is 1. The van der Waals surface area contributed by atoms with Crippen molar-refractivity contribution in [1.29, 1.82) is 0 Å². The number of amides is 1. The van der Waals surface area contributed by atoms with Gasteiger partial charge >= 0.3 is 12.1 Å². The number of fused-ring (bicyclic) bond motifs is 1. The van der Waals surface area contributed by atoms with Gasteiger partial charge in [-0.3, -0.25) is 9.69 Å². The predicted molar refractivity (Wildman–Crippen MR) is 97.3 cm³/mol. The molecular formula is C19H22ClF3N2O3. The number of carboxylic acid groups (broad SMARTS) is 1. The molecule has 1 aromatic carbocycles. The number of nitrogens with zero attached hydrogens (tertiary/aromatic N) is 2. The summed E-state index contributed by atoms with van der Waals surface area (Å²) in [7, 11) is 0. The zero-order chi connectivity index (χ0) is 20.5. The van der Waals surface area contributed by atoms with Crippen molar-refractivity contribution < 1.29 is 27.9 Å². The average molecular weight is 419 g/mol. The van der Waals surface area contributed by atoms with Crippen molar-refractivity contribution in [3.05, 3.63) is 34.9 Å². The summed E-state index contributed by atoms with van der Waals surface area (Å²) in [5.74, 6) is -1.67. The third-order valence-electron chi connectivity index (χ3n) is 5.46. The van der Waals surface area contributed by atoms with E-state index in [2.05, 4.69) is 9.80 Å². The Balaban J connectivity index is 0.000000279. The second-order valence-corrected chi connectivity index (χ2v) is 7.90. The van der Waals surface area contributed by atoms with E-state index in [1.807, 2.05) is 18.2 Å². The summed E-state index contributed by atoms with van der Waals surface area (Å²) in [6.45, 7) is 3.30. The second kappa shape index (κ2) is 8.29. The highest BCUT2D eigenvalue weighted by Gasteiger charge is 2.45. The molecule has 3 fully saturated rings. The summed E-state index contributed by atoms with van der Waals surface area (Å²) in [4.78, 5) is 26.3. The van der Waals surface area contributed by atoms with Crippen LogP contribution in [0, 0.1) is 5.92 Å². The Bertz CT molecular complexity index is 739. The van der Waals surface area contributed by atoms with Crippen LogP contribution in [0.25, 0.3) is 0 Å². The van der Waals surface area contributed by atoms with E-state index in [4.69, 9.17) is 21.5 Å². The zero-order valence-electron chi connectivity index (χ0n) is 15.2. The monoisotopic (exact) mass is 418 g/mol. The fraction of sp³-hybridized carbons (Fsp3) is 0.579. The lowest BCUT2D eigenvalue weighted by molar-refractivity contribution is -0.192. The van der Waals surface area contributed by atoms with Gasteiger partial charge in [-0.05, 0) is 49.8 Å². The van der Waals surface area contributed by atoms with Crippen LogP contribution in [0.3, 0.4) is 0 Å². The van der Waals surface area contributed by atoms with Crippen LogP contribution in [0.4, 0.5) is 13.2 Å². The van der Waals surface area contributed by atoms with Gasteiger partial charge in [0.05, 0.1) is 0 Å². The molecule has 28 heavy (non-hydrogen) atoms. The van der Waals surface area contributed by atoms with Crippen molar-refractivity contribution in [3.8, 4) is 0 Å². The van der Waals surface area contributed by atoms with Crippen LogP contribution < -0.4 is 0 Å². The quantitative estimate of drug-likeness (QED) is 0.813. The molecular weight excluding hydrogens is 397 g/mol. The van der Waals surface area contributed by atoms with E-state index < -0.39 is 12.1 Å². The average Bonchev–Trinajstić information content (AvgIpc) is 3.20. The number of alkyl halides is 3. The molecule has 0 aromatic heterocycles. The number of likely N-dealkylation sites (tertiary alicyclic amines) is 2. The minimum atomic E-state index is -5.08. The molecule has 2 aliphatic heterocycles. The van der Waals surface area contributed by atoms with Gasteiger partial charge in [0.2, 0.25) is 0 Å². The first-order chi connectivity index (χ1) is 13.2. The van der Waals surface area contributed by atoms with Gasteiger partial charge in [0, 0.05) is 42.3 Å². The van der Waals surface area contributed by atoms with Gasteiger partial charge in [-0.15, -0.1) is 0 Å². The van der Waals surface area contributed by atoms with E-state index in [0.29, 0.717) is 17.1 Å². The summed E-state index contributed by atoms with van der Waals surface area (Å²) < 4.78 is 31.7. The fourth-order valence-corrected chi connectivity index (χ4v) is 4.16. The first kappa shape index (κ1) is 20.9. The van der Waals surface area contributed by atoms with E-state index >= 15 is 0 Å². The van der Waals surface area contributed by atoms with E-state index in [9.17, 15) is 18.0 Å². The standard InChI is InChI=1S/C17H21ClN2O.C2HF3O2/c18-14-3-1-2-13(10-14)17(21)20-9-7-15-16(20)6-8-19(15)11-12-4-5-12;3-2(4,5)1(6)7/h1-3,10,12,15-16H,4-9,11H2;(H,6,7)/t15-,16+;/m0./s1. The zero-order valence-corrected chi connectivity index (χ0v) is 15.9. The lowest BCUT2D eigenvalue weighted by Crippen LogP contribution is -2.40. The topological polar surface area (TPSA) is 60.9 Å². The Hall–Kier alpha value is -1.80. The molecule has 1 N–H and O–H groups in total. The first-order valence-electron chi connectivity index (χ1n) is 9.27. The van der Waals surface area contributed by atoms with Crippen LogP contribution in [-0.4, -0.2) is 64.7 Å². The maximum absolute atomic E-state index is 12.7. The van der Waals surface area contributed by atoms with E-state index in [1.54, 1.807) is 6.07 Å².